The third-order valence-electron chi connectivity index (χ3n) is 6.87. The Morgan fingerprint density at radius 1 is 1.26 bits per heavy atom. The second kappa shape index (κ2) is 9.29. The van der Waals surface area contributed by atoms with Crippen molar-refractivity contribution in [2.75, 3.05) is 19.6 Å². The van der Waals surface area contributed by atoms with Crippen molar-refractivity contribution in [1.29, 1.82) is 0 Å². The first-order chi connectivity index (χ1) is 14.8. The maximum atomic E-state index is 14.3. The molecule has 0 radical (unpaired) electrons. The van der Waals surface area contributed by atoms with Crippen molar-refractivity contribution in [1.82, 2.24) is 19.6 Å². The number of amides is 1. The molecule has 0 spiro atoms. The number of likely N-dealkylation sites (tertiary alicyclic amines) is 1. The SMILES string of the molecule is Cc1nn(Cc2ccc(Cl)cc2F)c2c1CCN(C(=O)CC1CCN(C(C)C)CC1)C2. The van der Waals surface area contributed by atoms with E-state index in [1.807, 2.05) is 16.5 Å². The molecule has 2 aliphatic rings. The molecule has 0 saturated carbocycles. The molecule has 3 heterocycles. The van der Waals surface area contributed by atoms with Gasteiger partial charge in [-0.3, -0.25) is 9.48 Å². The van der Waals surface area contributed by atoms with E-state index in [1.165, 1.54) is 11.6 Å². The number of benzene rings is 1. The molecule has 168 valence electrons. The van der Waals surface area contributed by atoms with Crippen LogP contribution in [-0.2, 0) is 24.3 Å². The summed E-state index contributed by atoms with van der Waals surface area (Å²) in [6.45, 7) is 10.3. The topological polar surface area (TPSA) is 41.4 Å². The second-order valence-corrected chi connectivity index (χ2v) is 9.68. The highest BCUT2D eigenvalue weighted by atomic mass is 35.5. The van der Waals surface area contributed by atoms with Crippen LogP contribution in [0.1, 0.15) is 55.6 Å². The molecule has 1 saturated heterocycles. The molecular weight excluding hydrogens is 415 g/mol. The first kappa shape index (κ1) is 22.3. The van der Waals surface area contributed by atoms with Crippen molar-refractivity contribution in [3.8, 4) is 0 Å². The molecule has 0 unspecified atom stereocenters. The summed E-state index contributed by atoms with van der Waals surface area (Å²) in [6.07, 6.45) is 3.62. The minimum atomic E-state index is -0.328. The number of piperidine rings is 1. The molecule has 5 nitrogen and oxygen atoms in total. The van der Waals surface area contributed by atoms with Crippen LogP contribution in [0.4, 0.5) is 4.39 Å². The van der Waals surface area contributed by atoms with Gasteiger partial charge in [-0.25, -0.2) is 4.39 Å². The Balaban J connectivity index is 1.42. The van der Waals surface area contributed by atoms with E-state index < -0.39 is 0 Å². The van der Waals surface area contributed by atoms with Gasteiger partial charge in [-0.2, -0.15) is 5.10 Å². The number of carbonyl (C=O) groups is 1. The molecule has 0 bridgehead atoms. The summed E-state index contributed by atoms with van der Waals surface area (Å²) in [5, 5.41) is 5.04. The van der Waals surface area contributed by atoms with Crippen molar-refractivity contribution in [3.63, 3.8) is 0 Å². The Hall–Kier alpha value is -1.92. The molecule has 7 heteroatoms. The van der Waals surface area contributed by atoms with E-state index in [0.29, 0.717) is 42.1 Å². The Morgan fingerprint density at radius 2 is 2.00 bits per heavy atom. The van der Waals surface area contributed by atoms with E-state index in [1.54, 1.807) is 12.1 Å². The van der Waals surface area contributed by atoms with Gasteiger partial charge in [0.25, 0.3) is 0 Å². The standard InChI is InChI=1S/C24H32ClFN4O/c1-16(2)28-9-6-18(7-10-28)12-24(31)29-11-8-21-17(3)27-30(23(21)15-29)14-19-4-5-20(25)13-22(19)26/h4-5,13,16,18H,6-12,14-15H2,1-3H3. The van der Waals surface area contributed by atoms with E-state index in [0.717, 1.165) is 50.3 Å². The summed E-state index contributed by atoms with van der Waals surface area (Å²) in [4.78, 5) is 17.5. The average molecular weight is 447 g/mol. The van der Waals surface area contributed by atoms with Crippen LogP contribution in [0.5, 0.6) is 0 Å². The van der Waals surface area contributed by atoms with Gasteiger partial charge in [0, 0.05) is 29.6 Å². The highest BCUT2D eigenvalue weighted by molar-refractivity contribution is 6.30. The number of aromatic nitrogens is 2. The quantitative estimate of drug-likeness (QED) is 0.682. The Morgan fingerprint density at radius 3 is 2.68 bits per heavy atom. The van der Waals surface area contributed by atoms with Gasteiger partial charge < -0.3 is 9.80 Å². The number of carbonyl (C=O) groups excluding carboxylic acids is 1. The minimum Gasteiger partial charge on any atom is -0.336 e. The zero-order valence-corrected chi connectivity index (χ0v) is 19.5. The molecule has 4 rings (SSSR count). The molecule has 2 aromatic rings. The molecule has 2 aliphatic heterocycles. The number of rotatable bonds is 5. The maximum absolute atomic E-state index is 14.3. The lowest BCUT2D eigenvalue weighted by Gasteiger charge is -2.35. The first-order valence-electron chi connectivity index (χ1n) is 11.3. The normalized spacial score (nSPS) is 17.9. The van der Waals surface area contributed by atoms with Crippen molar-refractivity contribution < 1.29 is 9.18 Å². The van der Waals surface area contributed by atoms with Gasteiger partial charge in [-0.1, -0.05) is 17.7 Å². The van der Waals surface area contributed by atoms with Gasteiger partial charge in [-0.05, 0) is 76.7 Å². The van der Waals surface area contributed by atoms with E-state index in [-0.39, 0.29) is 11.7 Å². The Kier molecular flexibility index (Phi) is 6.68. The number of hydrogen-bond donors (Lipinski definition) is 0. The summed E-state index contributed by atoms with van der Waals surface area (Å²) in [5.74, 6) is 0.376. The Bertz CT molecular complexity index is 949. The van der Waals surface area contributed by atoms with E-state index >= 15 is 0 Å². The minimum absolute atomic E-state index is 0.233. The van der Waals surface area contributed by atoms with Gasteiger partial charge in [-0.15, -0.1) is 0 Å². The molecule has 1 aromatic carbocycles. The lowest BCUT2D eigenvalue weighted by atomic mass is 9.92. The summed E-state index contributed by atoms with van der Waals surface area (Å²) in [6, 6.07) is 5.31. The van der Waals surface area contributed by atoms with Crippen LogP contribution in [0.25, 0.3) is 0 Å². The summed E-state index contributed by atoms with van der Waals surface area (Å²) >= 11 is 5.89. The molecule has 31 heavy (non-hydrogen) atoms. The predicted octanol–water partition coefficient (Wildman–Crippen LogP) is 4.43. The van der Waals surface area contributed by atoms with Crippen LogP contribution in [0.3, 0.4) is 0 Å². The van der Waals surface area contributed by atoms with Gasteiger partial charge in [0.2, 0.25) is 5.91 Å². The lowest BCUT2D eigenvalue weighted by Crippen LogP contribution is -2.41. The van der Waals surface area contributed by atoms with Crippen LogP contribution < -0.4 is 0 Å². The first-order valence-corrected chi connectivity index (χ1v) is 11.7. The lowest BCUT2D eigenvalue weighted by molar-refractivity contribution is -0.133. The van der Waals surface area contributed by atoms with Crippen molar-refractivity contribution in [2.24, 2.45) is 5.92 Å². The summed E-state index contributed by atoms with van der Waals surface area (Å²) < 4.78 is 16.2. The van der Waals surface area contributed by atoms with Crippen LogP contribution in [0, 0.1) is 18.7 Å². The maximum Gasteiger partial charge on any atom is 0.223 e. The predicted molar refractivity (Wildman–Crippen MR) is 121 cm³/mol. The number of hydrogen-bond acceptors (Lipinski definition) is 3. The smallest absolute Gasteiger partial charge is 0.223 e. The molecule has 0 aliphatic carbocycles. The van der Waals surface area contributed by atoms with Gasteiger partial charge in [0.1, 0.15) is 5.82 Å². The second-order valence-electron chi connectivity index (χ2n) is 9.25. The number of fused-ring (bicyclic) bond motifs is 1. The van der Waals surface area contributed by atoms with Crippen LogP contribution in [0.2, 0.25) is 5.02 Å². The largest absolute Gasteiger partial charge is 0.336 e. The van der Waals surface area contributed by atoms with Gasteiger partial charge in [0.05, 0.1) is 24.5 Å². The zero-order valence-electron chi connectivity index (χ0n) is 18.7. The third-order valence-corrected chi connectivity index (χ3v) is 7.11. The average Bonchev–Trinajstić information content (AvgIpc) is 3.05. The fourth-order valence-corrected chi connectivity index (χ4v) is 5.04. The molecular formula is C24H32ClFN4O. The van der Waals surface area contributed by atoms with E-state index in [2.05, 4.69) is 23.8 Å². The molecule has 1 fully saturated rings. The van der Waals surface area contributed by atoms with Crippen molar-refractivity contribution in [2.45, 2.75) is 65.6 Å². The molecule has 0 N–H and O–H groups in total. The monoisotopic (exact) mass is 446 g/mol. The van der Waals surface area contributed by atoms with E-state index in [4.69, 9.17) is 11.6 Å². The molecule has 0 atom stereocenters. The van der Waals surface area contributed by atoms with E-state index in [9.17, 15) is 9.18 Å². The summed E-state index contributed by atoms with van der Waals surface area (Å²) in [7, 11) is 0. The molecule has 1 amide bonds. The van der Waals surface area contributed by atoms with Crippen molar-refractivity contribution in [3.05, 3.63) is 51.6 Å². The van der Waals surface area contributed by atoms with Crippen molar-refractivity contribution >= 4 is 17.5 Å². The van der Waals surface area contributed by atoms with Gasteiger partial charge >= 0.3 is 0 Å². The van der Waals surface area contributed by atoms with Crippen LogP contribution >= 0.6 is 11.6 Å². The zero-order chi connectivity index (χ0) is 22.1. The highest BCUT2D eigenvalue weighted by Crippen LogP contribution is 2.27. The third kappa shape index (κ3) is 4.96. The Labute approximate surface area is 189 Å². The fourth-order valence-electron chi connectivity index (χ4n) is 4.88. The molecule has 1 aromatic heterocycles. The number of aryl methyl sites for hydroxylation is 1. The van der Waals surface area contributed by atoms with Gasteiger partial charge in [0.15, 0.2) is 0 Å². The van der Waals surface area contributed by atoms with Crippen LogP contribution in [0.15, 0.2) is 18.2 Å². The summed E-state index contributed by atoms with van der Waals surface area (Å²) in [5.41, 5.74) is 3.75. The van der Waals surface area contributed by atoms with Crippen LogP contribution in [-0.4, -0.2) is 51.2 Å². The number of halogens is 2. The number of nitrogens with zero attached hydrogens (tertiary/aromatic N) is 4. The highest BCUT2D eigenvalue weighted by Gasteiger charge is 2.29. The fraction of sp³-hybridized carbons (Fsp3) is 0.583.